The third-order valence-electron chi connectivity index (χ3n) is 7.06. The summed E-state index contributed by atoms with van der Waals surface area (Å²) in [5.41, 5.74) is 2.90. The predicted molar refractivity (Wildman–Crippen MR) is 135 cm³/mol. The number of piperazine rings is 1. The number of Topliss-reactive ketones (excluding diaryl/α,β-unsaturated/α-hetero) is 1. The molecule has 0 unspecified atom stereocenters. The molecule has 1 amide bonds. The van der Waals surface area contributed by atoms with Gasteiger partial charge in [0.25, 0.3) is 5.56 Å². The summed E-state index contributed by atoms with van der Waals surface area (Å²) >= 11 is 1.64. The third-order valence-corrected chi connectivity index (χ3v) is 8.21. The quantitative estimate of drug-likeness (QED) is 0.567. The van der Waals surface area contributed by atoms with E-state index < -0.39 is 0 Å². The summed E-state index contributed by atoms with van der Waals surface area (Å²) in [6.45, 7) is 6.65. The summed E-state index contributed by atoms with van der Waals surface area (Å²) in [4.78, 5) is 51.0. The molecule has 1 saturated heterocycles. The minimum atomic E-state index is -0.0658. The lowest BCUT2D eigenvalue weighted by atomic mass is 9.89. The number of aromatic amines is 1. The number of rotatable bonds is 5. The van der Waals surface area contributed by atoms with Gasteiger partial charge in [-0.2, -0.15) is 0 Å². The first-order valence-corrected chi connectivity index (χ1v) is 12.9. The van der Waals surface area contributed by atoms with Crippen LogP contribution in [0.5, 0.6) is 0 Å². The zero-order valence-corrected chi connectivity index (χ0v) is 20.5. The van der Waals surface area contributed by atoms with Gasteiger partial charge in [0.05, 0.1) is 5.39 Å². The Hall–Kier alpha value is -3.00. The van der Waals surface area contributed by atoms with Gasteiger partial charge in [-0.3, -0.25) is 14.4 Å². The molecule has 8 heteroatoms. The molecule has 3 heterocycles. The van der Waals surface area contributed by atoms with E-state index in [-0.39, 0.29) is 17.2 Å². The van der Waals surface area contributed by atoms with Crippen molar-refractivity contribution in [1.82, 2.24) is 14.9 Å². The van der Waals surface area contributed by atoms with Crippen molar-refractivity contribution in [1.29, 1.82) is 0 Å². The highest BCUT2D eigenvalue weighted by atomic mass is 32.1. The summed E-state index contributed by atoms with van der Waals surface area (Å²) in [5, 5.41) is 0.759. The molecule has 1 aliphatic heterocycles. The molecular weight excluding hydrogens is 448 g/mol. The van der Waals surface area contributed by atoms with Gasteiger partial charge in [-0.15, -0.1) is 11.3 Å². The average Bonchev–Trinajstić information content (AvgIpc) is 3.20. The van der Waals surface area contributed by atoms with Crippen LogP contribution in [-0.2, 0) is 24.1 Å². The summed E-state index contributed by atoms with van der Waals surface area (Å²) in [6, 6.07) is 7.64. The van der Waals surface area contributed by atoms with Gasteiger partial charge in [0.2, 0.25) is 5.91 Å². The predicted octanol–water partition coefficient (Wildman–Crippen LogP) is 3.59. The van der Waals surface area contributed by atoms with Crippen LogP contribution in [-0.4, -0.2) is 52.7 Å². The van der Waals surface area contributed by atoms with Gasteiger partial charge < -0.3 is 14.8 Å². The van der Waals surface area contributed by atoms with Crippen molar-refractivity contribution >= 4 is 38.9 Å². The van der Waals surface area contributed by atoms with E-state index in [1.165, 1.54) is 10.4 Å². The van der Waals surface area contributed by atoms with Crippen LogP contribution in [0.25, 0.3) is 10.2 Å². The first-order chi connectivity index (χ1) is 16.4. The molecule has 1 aliphatic carbocycles. The maximum Gasteiger partial charge on any atom is 0.259 e. The molecule has 34 heavy (non-hydrogen) atoms. The molecule has 1 N–H and O–H groups in total. The van der Waals surface area contributed by atoms with Crippen LogP contribution in [0.2, 0.25) is 0 Å². The van der Waals surface area contributed by atoms with Crippen LogP contribution in [0.3, 0.4) is 0 Å². The van der Waals surface area contributed by atoms with Gasteiger partial charge in [-0.25, -0.2) is 4.98 Å². The van der Waals surface area contributed by atoms with Gasteiger partial charge in [0.1, 0.15) is 10.7 Å². The van der Waals surface area contributed by atoms with Gasteiger partial charge in [-0.05, 0) is 61.9 Å². The van der Waals surface area contributed by atoms with Crippen molar-refractivity contribution in [3.8, 4) is 0 Å². The standard InChI is InChI=1S/C26H30N4O3S/c1-16-3-8-20-21(15-16)34-26-24(20)25(33)27-22(28-26)9-10-23(32)30-13-11-29(12-14-30)19-6-4-18(5-7-19)17(2)31/h4-7,16H,3,8-15H2,1-2H3,(H,27,28,33)/t16-/m1/s1. The average molecular weight is 479 g/mol. The lowest BCUT2D eigenvalue weighted by molar-refractivity contribution is -0.131. The number of amides is 1. The molecule has 2 aromatic heterocycles. The Labute approximate surface area is 202 Å². The van der Waals surface area contributed by atoms with Crippen LogP contribution in [0.15, 0.2) is 29.1 Å². The zero-order valence-electron chi connectivity index (χ0n) is 19.7. The van der Waals surface area contributed by atoms with Gasteiger partial charge in [0.15, 0.2) is 5.78 Å². The van der Waals surface area contributed by atoms with Crippen molar-refractivity contribution < 1.29 is 9.59 Å². The molecule has 0 spiro atoms. The Morgan fingerprint density at radius 3 is 2.59 bits per heavy atom. The number of thiophene rings is 1. The number of nitrogens with zero attached hydrogens (tertiary/aromatic N) is 3. The molecule has 5 rings (SSSR count). The highest BCUT2D eigenvalue weighted by molar-refractivity contribution is 7.18. The number of fused-ring (bicyclic) bond motifs is 3. The van der Waals surface area contributed by atoms with Gasteiger partial charge >= 0.3 is 0 Å². The second-order valence-electron chi connectivity index (χ2n) is 9.52. The number of hydrogen-bond donors (Lipinski definition) is 1. The zero-order chi connectivity index (χ0) is 23.8. The van der Waals surface area contributed by atoms with Crippen molar-refractivity contribution in [2.75, 3.05) is 31.1 Å². The fourth-order valence-electron chi connectivity index (χ4n) is 5.02. The maximum atomic E-state index is 12.8. The van der Waals surface area contributed by atoms with E-state index in [1.807, 2.05) is 29.2 Å². The summed E-state index contributed by atoms with van der Waals surface area (Å²) < 4.78 is 0. The van der Waals surface area contributed by atoms with E-state index in [9.17, 15) is 14.4 Å². The lowest BCUT2D eigenvalue weighted by Crippen LogP contribution is -2.48. The molecule has 0 saturated carbocycles. The Balaban J connectivity index is 1.19. The van der Waals surface area contributed by atoms with E-state index in [4.69, 9.17) is 4.98 Å². The van der Waals surface area contributed by atoms with Crippen LogP contribution in [0.1, 0.15) is 53.3 Å². The summed E-state index contributed by atoms with van der Waals surface area (Å²) in [6.07, 6.45) is 3.87. The topological polar surface area (TPSA) is 86.4 Å². The fraction of sp³-hybridized carbons (Fsp3) is 0.462. The molecule has 0 bridgehead atoms. The van der Waals surface area contributed by atoms with E-state index in [0.717, 1.165) is 48.3 Å². The molecule has 7 nitrogen and oxygen atoms in total. The normalized spacial score (nSPS) is 18.2. The molecule has 1 fully saturated rings. The van der Waals surface area contributed by atoms with Crippen LogP contribution in [0, 0.1) is 5.92 Å². The minimum Gasteiger partial charge on any atom is -0.368 e. The summed E-state index contributed by atoms with van der Waals surface area (Å²) in [5.74, 6) is 1.40. The Kier molecular flexibility index (Phi) is 6.25. The van der Waals surface area contributed by atoms with Crippen LogP contribution >= 0.6 is 11.3 Å². The van der Waals surface area contributed by atoms with E-state index in [1.54, 1.807) is 18.3 Å². The highest BCUT2D eigenvalue weighted by Gasteiger charge is 2.24. The molecular formula is C26H30N4O3S. The number of carbonyl (C=O) groups excluding carboxylic acids is 2. The van der Waals surface area contributed by atoms with Crippen molar-refractivity contribution in [3.63, 3.8) is 0 Å². The molecule has 3 aromatic rings. The largest absolute Gasteiger partial charge is 0.368 e. The van der Waals surface area contributed by atoms with Crippen LogP contribution in [0.4, 0.5) is 5.69 Å². The van der Waals surface area contributed by atoms with E-state index >= 15 is 0 Å². The van der Waals surface area contributed by atoms with Crippen molar-refractivity contribution in [3.05, 3.63) is 56.4 Å². The Bertz CT molecular complexity index is 1290. The number of anilines is 1. The van der Waals surface area contributed by atoms with Crippen molar-refractivity contribution in [2.24, 2.45) is 5.92 Å². The van der Waals surface area contributed by atoms with Gasteiger partial charge in [0, 0.05) is 55.1 Å². The number of hydrogen-bond acceptors (Lipinski definition) is 6. The van der Waals surface area contributed by atoms with E-state index in [0.29, 0.717) is 43.2 Å². The van der Waals surface area contributed by atoms with Crippen LogP contribution < -0.4 is 10.5 Å². The molecule has 178 valence electrons. The third kappa shape index (κ3) is 4.51. The number of nitrogens with one attached hydrogen (secondary N) is 1. The van der Waals surface area contributed by atoms with Gasteiger partial charge in [-0.1, -0.05) is 6.92 Å². The second kappa shape index (κ2) is 9.33. The minimum absolute atomic E-state index is 0.0604. The lowest BCUT2D eigenvalue weighted by Gasteiger charge is -2.36. The number of carbonyl (C=O) groups is 2. The SMILES string of the molecule is CC(=O)c1ccc(N2CCN(C(=O)CCc3nc4sc5c(c4c(=O)[nH]3)CC[C@@H](C)C5)CC2)cc1. The number of aromatic nitrogens is 2. The maximum absolute atomic E-state index is 12.8. The van der Waals surface area contributed by atoms with E-state index in [2.05, 4.69) is 16.8 Å². The Morgan fingerprint density at radius 2 is 1.88 bits per heavy atom. The number of benzene rings is 1. The first kappa shape index (κ1) is 22.8. The number of aryl methyl sites for hydroxylation is 2. The Morgan fingerprint density at radius 1 is 1.15 bits per heavy atom. The molecule has 1 aromatic carbocycles. The van der Waals surface area contributed by atoms with Crippen molar-refractivity contribution in [2.45, 2.75) is 46.0 Å². The smallest absolute Gasteiger partial charge is 0.259 e. The first-order valence-electron chi connectivity index (χ1n) is 12.1. The highest BCUT2D eigenvalue weighted by Crippen LogP contribution is 2.35. The number of H-pyrrole nitrogens is 1. The second-order valence-corrected chi connectivity index (χ2v) is 10.6. The summed E-state index contributed by atoms with van der Waals surface area (Å²) in [7, 11) is 0. The monoisotopic (exact) mass is 478 g/mol. The fourth-order valence-corrected chi connectivity index (χ4v) is 6.42. The molecule has 2 aliphatic rings. The molecule has 0 radical (unpaired) electrons. The number of ketones is 1. The molecule has 1 atom stereocenters.